The largest absolute Gasteiger partial charge is 0.404 e. The summed E-state index contributed by atoms with van der Waals surface area (Å²) in [5, 5.41) is 2.77. The first kappa shape index (κ1) is 17.7. The van der Waals surface area contributed by atoms with E-state index in [4.69, 9.17) is 4.43 Å². The van der Waals surface area contributed by atoms with Crippen LogP contribution in [0.15, 0.2) is 60.7 Å². The normalized spacial score (nSPS) is 13.9. The monoisotopic (exact) mass is 424 g/mol. The van der Waals surface area contributed by atoms with E-state index in [1.165, 1.54) is 10.4 Å². The molecule has 0 aliphatic heterocycles. The maximum Gasteiger partial charge on any atom is 0.261 e. The van der Waals surface area contributed by atoms with Gasteiger partial charge in [-0.3, -0.25) is 0 Å². The first-order valence-electron chi connectivity index (χ1n) is 7.76. The molecule has 118 valence electrons. The van der Waals surface area contributed by atoms with Gasteiger partial charge in [0.05, 0.1) is 6.10 Å². The molecule has 0 amide bonds. The topological polar surface area (TPSA) is 9.23 Å². The van der Waals surface area contributed by atoms with Gasteiger partial charge in [0.2, 0.25) is 0 Å². The van der Waals surface area contributed by atoms with E-state index < -0.39 is 8.32 Å². The molecule has 0 fully saturated rings. The Bertz CT molecular complexity index is 538. The molecule has 1 nitrogen and oxygen atoms in total. The van der Waals surface area contributed by atoms with Crippen LogP contribution in [0.4, 0.5) is 0 Å². The number of hydrogen-bond donors (Lipinski definition) is 0. The minimum Gasteiger partial charge on any atom is -0.404 e. The Morgan fingerprint density at radius 1 is 0.909 bits per heavy atom. The Morgan fingerprint density at radius 2 is 1.32 bits per heavy atom. The molecule has 0 bridgehead atoms. The Kier molecular flexibility index (Phi) is 5.86. The standard InChI is InChI=1S/C19H25IOSi/c1-16(15-20)21-22(19(2,3)4,17-11-7-5-8-12-17)18-13-9-6-10-14-18/h5-14,16H,15H2,1-4H3/t16-/m1/s1. The Labute approximate surface area is 149 Å². The first-order chi connectivity index (χ1) is 10.4. The third-order valence-electron chi connectivity index (χ3n) is 4.01. The van der Waals surface area contributed by atoms with Crippen LogP contribution in [0.1, 0.15) is 27.7 Å². The van der Waals surface area contributed by atoms with Crippen LogP contribution in [0.5, 0.6) is 0 Å². The zero-order chi connectivity index (χ0) is 16.2. The van der Waals surface area contributed by atoms with Crippen LogP contribution in [-0.4, -0.2) is 18.8 Å². The Morgan fingerprint density at radius 3 is 1.64 bits per heavy atom. The van der Waals surface area contributed by atoms with Gasteiger partial charge in [-0.2, -0.15) is 0 Å². The van der Waals surface area contributed by atoms with Crippen LogP contribution >= 0.6 is 22.6 Å². The van der Waals surface area contributed by atoms with E-state index in [1.54, 1.807) is 0 Å². The van der Waals surface area contributed by atoms with E-state index in [0.29, 0.717) is 0 Å². The number of rotatable bonds is 5. The van der Waals surface area contributed by atoms with E-state index in [2.05, 4.69) is 111 Å². The van der Waals surface area contributed by atoms with Gasteiger partial charge in [-0.15, -0.1) is 0 Å². The lowest BCUT2D eigenvalue weighted by Gasteiger charge is -2.44. The van der Waals surface area contributed by atoms with Gasteiger partial charge in [-0.25, -0.2) is 0 Å². The molecule has 2 aromatic rings. The number of alkyl halides is 1. The molecule has 0 saturated heterocycles. The molecule has 0 spiro atoms. The predicted octanol–water partition coefficient (Wildman–Crippen LogP) is 4.39. The maximum absolute atomic E-state index is 6.86. The van der Waals surface area contributed by atoms with Crippen LogP contribution in [0.2, 0.25) is 5.04 Å². The van der Waals surface area contributed by atoms with Crippen LogP contribution in [0, 0.1) is 0 Å². The van der Waals surface area contributed by atoms with Crippen molar-refractivity contribution in [3.63, 3.8) is 0 Å². The Balaban J connectivity index is 2.70. The summed E-state index contributed by atoms with van der Waals surface area (Å²) < 4.78 is 7.86. The number of hydrogen-bond acceptors (Lipinski definition) is 1. The molecule has 2 aromatic carbocycles. The molecule has 0 unspecified atom stereocenters. The lowest BCUT2D eigenvalue weighted by Crippen LogP contribution is -2.67. The fourth-order valence-corrected chi connectivity index (χ4v) is 8.25. The van der Waals surface area contributed by atoms with Gasteiger partial charge >= 0.3 is 0 Å². The summed E-state index contributed by atoms with van der Waals surface area (Å²) in [4.78, 5) is 0. The van der Waals surface area contributed by atoms with E-state index in [1.807, 2.05) is 0 Å². The molecule has 3 heteroatoms. The summed E-state index contributed by atoms with van der Waals surface area (Å²) in [6.45, 7) is 9.14. The van der Waals surface area contributed by atoms with Gasteiger partial charge in [0.15, 0.2) is 0 Å². The molecule has 0 aromatic heterocycles. The summed E-state index contributed by atoms with van der Waals surface area (Å²) >= 11 is 2.42. The second kappa shape index (κ2) is 7.28. The summed E-state index contributed by atoms with van der Waals surface area (Å²) in [6.07, 6.45) is 0.243. The number of halogens is 1. The fourth-order valence-electron chi connectivity index (χ4n) is 3.02. The average Bonchev–Trinajstić information content (AvgIpc) is 2.52. The van der Waals surface area contributed by atoms with Gasteiger partial charge in [-0.1, -0.05) is 104 Å². The highest BCUT2D eigenvalue weighted by Crippen LogP contribution is 2.37. The van der Waals surface area contributed by atoms with E-state index >= 15 is 0 Å². The minimum absolute atomic E-state index is 0.0653. The number of benzene rings is 2. The quantitative estimate of drug-likeness (QED) is 0.393. The van der Waals surface area contributed by atoms with Crippen molar-refractivity contribution in [2.75, 3.05) is 4.43 Å². The highest BCUT2D eigenvalue weighted by molar-refractivity contribution is 14.1. The minimum atomic E-state index is -2.34. The molecule has 0 aliphatic rings. The van der Waals surface area contributed by atoms with E-state index in [9.17, 15) is 0 Å². The van der Waals surface area contributed by atoms with Crippen LogP contribution < -0.4 is 10.4 Å². The summed E-state index contributed by atoms with van der Waals surface area (Å²) in [6, 6.07) is 21.6. The molecule has 2 rings (SSSR count). The molecular formula is C19H25IOSi. The second-order valence-electron chi connectivity index (χ2n) is 6.75. The van der Waals surface area contributed by atoms with Crippen molar-refractivity contribution >= 4 is 41.3 Å². The van der Waals surface area contributed by atoms with Crippen LogP contribution in [-0.2, 0) is 4.43 Å². The first-order valence-corrected chi connectivity index (χ1v) is 11.2. The zero-order valence-electron chi connectivity index (χ0n) is 13.8. The van der Waals surface area contributed by atoms with Gasteiger partial charge < -0.3 is 4.43 Å². The van der Waals surface area contributed by atoms with Crippen molar-refractivity contribution < 1.29 is 4.43 Å². The van der Waals surface area contributed by atoms with Gasteiger partial charge in [-0.05, 0) is 22.3 Å². The molecule has 0 radical (unpaired) electrons. The SMILES string of the molecule is C[C@H](CI)O[Si](c1ccccc1)(c1ccccc1)C(C)(C)C. The van der Waals surface area contributed by atoms with Crippen molar-refractivity contribution in [2.24, 2.45) is 0 Å². The molecule has 22 heavy (non-hydrogen) atoms. The second-order valence-corrected chi connectivity index (χ2v) is 11.9. The highest BCUT2D eigenvalue weighted by Gasteiger charge is 2.50. The predicted molar refractivity (Wildman–Crippen MR) is 107 cm³/mol. The Hall–Kier alpha value is -0.653. The van der Waals surface area contributed by atoms with Crippen molar-refractivity contribution in [1.29, 1.82) is 0 Å². The van der Waals surface area contributed by atoms with E-state index in [0.717, 1.165) is 4.43 Å². The smallest absolute Gasteiger partial charge is 0.261 e. The summed E-state index contributed by atoms with van der Waals surface area (Å²) in [5.41, 5.74) is 0. The fraction of sp³-hybridized carbons (Fsp3) is 0.368. The van der Waals surface area contributed by atoms with E-state index in [-0.39, 0.29) is 11.1 Å². The summed E-state index contributed by atoms with van der Waals surface area (Å²) in [7, 11) is -2.34. The molecule has 0 heterocycles. The highest BCUT2D eigenvalue weighted by atomic mass is 127. The molecule has 0 N–H and O–H groups in total. The van der Waals surface area contributed by atoms with Crippen LogP contribution in [0.25, 0.3) is 0 Å². The maximum atomic E-state index is 6.86. The van der Waals surface area contributed by atoms with Crippen molar-refractivity contribution in [1.82, 2.24) is 0 Å². The molecule has 1 atom stereocenters. The average molecular weight is 424 g/mol. The lowest BCUT2D eigenvalue weighted by atomic mass is 10.2. The van der Waals surface area contributed by atoms with Crippen molar-refractivity contribution in [3.05, 3.63) is 60.7 Å². The lowest BCUT2D eigenvalue weighted by molar-refractivity contribution is 0.233. The third-order valence-corrected chi connectivity index (χ3v) is 10.4. The van der Waals surface area contributed by atoms with Crippen molar-refractivity contribution in [3.8, 4) is 0 Å². The van der Waals surface area contributed by atoms with Gasteiger partial charge in [0.25, 0.3) is 8.32 Å². The summed E-state index contributed by atoms with van der Waals surface area (Å²) in [5.74, 6) is 0. The van der Waals surface area contributed by atoms with Gasteiger partial charge in [0.1, 0.15) is 0 Å². The molecular weight excluding hydrogens is 399 g/mol. The van der Waals surface area contributed by atoms with Gasteiger partial charge in [0, 0.05) is 4.43 Å². The third kappa shape index (κ3) is 3.47. The molecule has 0 saturated carbocycles. The molecule has 0 aliphatic carbocycles. The zero-order valence-corrected chi connectivity index (χ0v) is 17.0. The van der Waals surface area contributed by atoms with Crippen molar-refractivity contribution in [2.45, 2.75) is 38.8 Å². The van der Waals surface area contributed by atoms with Crippen LogP contribution in [0.3, 0.4) is 0 Å².